The second-order valence-electron chi connectivity index (χ2n) is 5.49. The van der Waals surface area contributed by atoms with E-state index in [2.05, 4.69) is 15.3 Å². The molecule has 0 saturated heterocycles. The summed E-state index contributed by atoms with van der Waals surface area (Å²) in [6.45, 7) is 5.14. The lowest BCUT2D eigenvalue weighted by Gasteiger charge is -2.22. The summed E-state index contributed by atoms with van der Waals surface area (Å²) in [6, 6.07) is 2.03. The van der Waals surface area contributed by atoms with Gasteiger partial charge in [-0.1, -0.05) is 0 Å². The Morgan fingerprint density at radius 2 is 2.24 bits per heavy atom. The van der Waals surface area contributed by atoms with Crippen LogP contribution in [-0.2, 0) is 29.0 Å². The minimum Gasteiger partial charge on any atom is -0.469 e. The fraction of sp³-hybridized carbons (Fsp3) is 0.571. The Morgan fingerprint density at radius 3 is 2.90 bits per heavy atom. The van der Waals surface area contributed by atoms with Gasteiger partial charge in [-0.15, -0.1) is 10.2 Å². The predicted octanol–water partition coefficient (Wildman–Crippen LogP) is 0.875. The number of rotatable bonds is 3. The van der Waals surface area contributed by atoms with Crippen LogP contribution in [0.2, 0.25) is 0 Å². The van der Waals surface area contributed by atoms with Gasteiger partial charge in [0.2, 0.25) is 0 Å². The molecule has 0 radical (unpaired) electrons. The maximum atomic E-state index is 11.7. The molecule has 1 aliphatic heterocycles. The molecule has 0 aromatic carbocycles. The molecule has 0 fully saturated rings. The molecule has 3 heterocycles. The maximum absolute atomic E-state index is 11.7. The van der Waals surface area contributed by atoms with E-state index in [9.17, 15) is 4.79 Å². The first-order valence-electron chi connectivity index (χ1n) is 7.08. The zero-order chi connectivity index (χ0) is 15.0. The van der Waals surface area contributed by atoms with Crippen molar-refractivity contribution in [1.29, 1.82) is 0 Å². The summed E-state index contributed by atoms with van der Waals surface area (Å²) in [4.78, 5) is 11.7. The lowest BCUT2D eigenvalue weighted by Crippen LogP contribution is -2.29. The number of esters is 1. The molecule has 2 aromatic rings. The summed E-state index contributed by atoms with van der Waals surface area (Å²) in [5, 5.41) is 12.9. The van der Waals surface area contributed by atoms with Crippen molar-refractivity contribution in [2.24, 2.45) is 5.92 Å². The minimum absolute atomic E-state index is 0.113. The lowest BCUT2D eigenvalue weighted by molar-refractivity contribution is -0.146. The largest absolute Gasteiger partial charge is 0.469 e. The van der Waals surface area contributed by atoms with Crippen LogP contribution in [0.3, 0.4) is 0 Å². The van der Waals surface area contributed by atoms with Gasteiger partial charge in [-0.2, -0.15) is 5.10 Å². The predicted molar refractivity (Wildman–Crippen MR) is 74.7 cm³/mol. The first kappa shape index (κ1) is 13.8. The summed E-state index contributed by atoms with van der Waals surface area (Å²) in [7, 11) is 1.43. The first-order chi connectivity index (χ1) is 10.1. The van der Waals surface area contributed by atoms with Gasteiger partial charge in [0.15, 0.2) is 5.82 Å². The summed E-state index contributed by atoms with van der Waals surface area (Å²) >= 11 is 0. The average Bonchev–Trinajstić information content (AvgIpc) is 3.01. The van der Waals surface area contributed by atoms with E-state index in [-0.39, 0.29) is 11.9 Å². The highest BCUT2D eigenvalue weighted by atomic mass is 16.5. The SMILES string of the molecule is COC(=O)C1CCc2nnc(Cn3nc(C)cc3C)n2C1. The zero-order valence-electron chi connectivity index (χ0n) is 12.5. The highest BCUT2D eigenvalue weighted by Crippen LogP contribution is 2.21. The van der Waals surface area contributed by atoms with Crippen LogP contribution in [-0.4, -0.2) is 37.6 Å². The number of hydrogen-bond donors (Lipinski definition) is 0. The third kappa shape index (κ3) is 2.55. The fourth-order valence-electron chi connectivity index (χ4n) is 2.83. The van der Waals surface area contributed by atoms with E-state index < -0.39 is 0 Å². The number of carbonyl (C=O) groups excluding carboxylic acids is 1. The van der Waals surface area contributed by atoms with Crippen molar-refractivity contribution < 1.29 is 9.53 Å². The zero-order valence-corrected chi connectivity index (χ0v) is 12.5. The Balaban J connectivity index is 1.84. The van der Waals surface area contributed by atoms with Gasteiger partial charge in [0, 0.05) is 18.7 Å². The van der Waals surface area contributed by atoms with Crippen LogP contribution in [0, 0.1) is 19.8 Å². The molecule has 7 heteroatoms. The molecular formula is C14H19N5O2. The molecule has 0 bridgehead atoms. The van der Waals surface area contributed by atoms with E-state index in [0.717, 1.165) is 35.9 Å². The second kappa shape index (κ2) is 5.31. The standard InChI is InChI=1S/C14H19N5O2/c1-9-6-10(2)19(17-9)8-13-16-15-12-5-4-11(7-18(12)13)14(20)21-3/h6,11H,4-5,7-8H2,1-3H3. The van der Waals surface area contributed by atoms with Crippen molar-refractivity contribution in [1.82, 2.24) is 24.5 Å². The molecule has 3 rings (SSSR count). The highest BCUT2D eigenvalue weighted by molar-refractivity contribution is 5.72. The maximum Gasteiger partial charge on any atom is 0.310 e. The van der Waals surface area contributed by atoms with Gasteiger partial charge in [0.1, 0.15) is 12.4 Å². The molecule has 0 N–H and O–H groups in total. The molecular weight excluding hydrogens is 270 g/mol. The topological polar surface area (TPSA) is 74.8 Å². The summed E-state index contributed by atoms with van der Waals surface area (Å²) in [6.07, 6.45) is 1.52. The molecule has 1 atom stereocenters. The number of fused-ring (bicyclic) bond motifs is 1. The van der Waals surface area contributed by atoms with Crippen LogP contribution < -0.4 is 0 Å². The van der Waals surface area contributed by atoms with E-state index in [1.54, 1.807) is 0 Å². The monoisotopic (exact) mass is 289 g/mol. The van der Waals surface area contributed by atoms with Gasteiger partial charge in [-0.05, 0) is 26.3 Å². The smallest absolute Gasteiger partial charge is 0.310 e. The van der Waals surface area contributed by atoms with Gasteiger partial charge >= 0.3 is 5.97 Å². The normalized spacial score (nSPS) is 17.6. The van der Waals surface area contributed by atoms with Crippen LogP contribution in [0.25, 0.3) is 0 Å². The Hall–Kier alpha value is -2.18. The van der Waals surface area contributed by atoms with Crippen molar-refractivity contribution in [2.45, 2.75) is 39.8 Å². The lowest BCUT2D eigenvalue weighted by atomic mass is 9.99. The third-order valence-corrected chi connectivity index (χ3v) is 3.95. The first-order valence-corrected chi connectivity index (χ1v) is 7.08. The summed E-state index contributed by atoms with van der Waals surface area (Å²) in [5.74, 6) is 1.50. The number of aryl methyl sites for hydroxylation is 3. The molecule has 2 aromatic heterocycles. The number of methoxy groups -OCH3 is 1. The summed E-state index contributed by atoms with van der Waals surface area (Å²) < 4.78 is 8.79. The Bertz CT molecular complexity index is 673. The van der Waals surface area contributed by atoms with Crippen LogP contribution in [0.4, 0.5) is 0 Å². The van der Waals surface area contributed by atoms with E-state index >= 15 is 0 Å². The van der Waals surface area contributed by atoms with Gasteiger partial charge in [-0.3, -0.25) is 9.48 Å². The van der Waals surface area contributed by atoms with Crippen molar-refractivity contribution in [3.05, 3.63) is 29.1 Å². The number of carbonyl (C=O) groups is 1. The van der Waals surface area contributed by atoms with Crippen molar-refractivity contribution in [3.8, 4) is 0 Å². The molecule has 7 nitrogen and oxygen atoms in total. The third-order valence-electron chi connectivity index (χ3n) is 3.95. The van der Waals surface area contributed by atoms with Gasteiger partial charge in [0.05, 0.1) is 18.7 Å². The van der Waals surface area contributed by atoms with E-state index in [1.807, 2.05) is 29.2 Å². The molecule has 0 amide bonds. The van der Waals surface area contributed by atoms with Crippen LogP contribution >= 0.6 is 0 Å². The van der Waals surface area contributed by atoms with E-state index in [4.69, 9.17) is 4.74 Å². The summed E-state index contributed by atoms with van der Waals surface area (Å²) in [5.41, 5.74) is 2.07. The quantitative estimate of drug-likeness (QED) is 0.784. The molecule has 0 saturated carbocycles. The van der Waals surface area contributed by atoms with Gasteiger partial charge in [-0.25, -0.2) is 0 Å². The highest BCUT2D eigenvalue weighted by Gasteiger charge is 2.28. The van der Waals surface area contributed by atoms with E-state index in [0.29, 0.717) is 13.1 Å². The van der Waals surface area contributed by atoms with Crippen LogP contribution in [0.15, 0.2) is 6.07 Å². The minimum atomic E-state index is -0.161. The molecule has 0 spiro atoms. The molecule has 21 heavy (non-hydrogen) atoms. The van der Waals surface area contributed by atoms with Gasteiger partial charge in [0.25, 0.3) is 0 Å². The molecule has 0 aliphatic carbocycles. The van der Waals surface area contributed by atoms with Crippen molar-refractivity contribution in [2.75, 3.05) is 7.11 Å². The number of nitrogens with zero attached hydrogens (tertiary/aromatic N) is 5. The van der Waals surface area contributed by atoms with Crippen molar-refractivity contribution in [3.63, 3.8) is 0 Å². The van der Waals surface area contributed by atoms with E-state index in [1.165, 1.54) is 7.11 Å². The molecule has 1 aliphatic rings. The van der Waals surface area contributed by atoms with Crippen LogP contribution in [0.5, 0.6) is 0 Å². The average molecular weight is 289 g/mol. The van der Waals surface area contributed by atoms with Gasteiger partial charge < -0.3 is 9.30 Å². The van der Waals surface area contributed by atoms with Crippen molar-refractivity contribution >= 4 is 5.97 Å². The Kier molecular flexibility index (Phi) is 3.48. The Labute approximate surface area is 122 Å². The number of aromatic nitrogens is 5. The molecule has 1 unspecified atom stereocenters. The number of ether oxygens (including phenoxy) is 1. The molecule has 112 valence electrons. The Morgan fingerprint density at radius 1 is 1.43 bits per heavy atom. The van der Waals surface area contributed by atoms with Crippen LogP contribution in [0.1, 0.15) is 29.5 Å². The second-order valence-corrected chi connectivity index (χ2v) is 5.49. The number of hydrogen-bond acceptors (Lipinski definition) is 5. The fourth-order valence-corrected chi connectivity index (χ4v) is 2.83.